The Hall–Kier alpha value is -1.72. The van der Waals surface area contributed by atoms with Crippen LogP contribution in [0, 0.1) is 0 Å². The molecule has 116 valence electrons. The lowest BCUT2D eigenvalue weighted by Gasteiger charge is -2.09. The molecule has 2 aromatic carbocycles. The zero-order valence-electron chi connectivity index (χ0n) is 11.8. The van der Waals surface area contributed by atoms with Crippen molar-refractivity contribution in [3.8, 4) is 5.75 Å². The van der Waals surface area contributed by atoms with Crippen molar-refractivity contribution in [2.24, 2.45) is 0 Å². The van der Waals surface area contributed by atoms with Gasteiger partial charge in [0.05, 0.1) is 6.54 Å². The lowest BCUT2D eigenvalue weighted by Crippen LogP contribution is -2.37. The van der Waals surface area contributed by atoms with Crippen LogP contribution in [0.2, 0.25) is 5.02 Å². The van der Waals surface area contributed by atoms with Crippen LogP contribution < -0.4 is 15.4 Å². The fourth-order valence-corrected chi connectivity index (χ4v) is 2.10. The van der Waals surface area contributed by atoms with E-state index in [1.165, 1.54) is 0 Å². The average Bonchev–Trinajstić information content (AvgIpc) is 2.53. The number of ether oxygens (including phenoxy) is 1. The molecule has 22 heavy (non-hydrogen) atoms. The minimum absolute atomic E-state index is 0.227. The molecule has 0 bridgehead atoms. The molecule has 0 spiro atoms. The number of carbonyl (C=O) groups is 1. The number of halogens is 2. The predicted octanol–water partition coefficient (Wildman–Crippen LogP) is 3.98. The Morgan fingerprint density at radius 2 is 1.73 bits per heavy atom. The fourth-order valence-electron chi connectivity index (χ4n) is 1.71. The van der Waals surface area contributed by atoms with Crippen molar-refractivity contribution >= 4 is 33.6 Å². The summed E-state index contributed by atoms with van der Waals surface area (Å²) < 4.78 is 6.51. The fraction of sp³-hybridized carbons (Fsp3) is 0.188. The molecular formula is C16H16BrClN2O2. The van der Waals surface area contributed by atoms with Gasteiger partial charge in [0.1, 0.15) is 12.4 Å². The first kappa shape index (κ1) is 16.6. The van der Waals surface area contributed by atoms with Gasteiger partial charge in [-0.1, -0.05) is 39.7 Å². The van der Waals surface area contributed by atoms with E-state index in [-0.39, 0.29) is 6.03 Å². The molecule has 0 atom stereocenters. The van der Waals surface area contributed by atoms with Crippen LogP contribution in [0.1, 0.15) is 5.56 Å². The number of hydrogen-bond acceptors (Lipinski definition) is 2. The molecule has 0 radical (unpaired) electrons. The number of rotatable bonds is 6. The SMILES string of the molecule is O=C(NCCOc1ccc(Br)cc1)NCc1ccc(Cl)cc1. The summed E-state index contributed by atoms with van der Waals surface area (Å²) in [4.78, 5) is 11.6. The molecule has 0 aliphatic rings. The lowest BCUT2D eigenvalue weighted by atomic mass is 10.2. The molecule has 2 aromatic rings. The molecule has 0 heterocycles. The Kier molecular flexibility index (Phi) is 6.55. The van der Waals surface area contributed by atoms with Gasteiger partial charge in [0.25, 0.3) is 0 Å². The number of carbonyl (C=O) groups excluding carboxylic acids is 1. The second kappa shape index (κ2) is 8.66. The first-order valence-electron chi connectivity index (χ1n) is 6.78. The molecule has 2 rings (SSSR count). The molecule has 2 amide bonds. The van der Waals surface area contributed by atoms with Gasteiger partial charge in [-0.2, -0.15) is 0 Å². The van der Waals surface area contributed by atoms with Gasteiger partial charge in [0.2, 0.25) is 0 Å². The van der Waals surface area contributed by atoms with E-state index < -0.39 is 0 Å². The number of urea groups is 1. The zero-order chi connectivity index (χ0) is 15.8. The van der Waals surface area contributed by atoms with Crippen molar-refractivity contribution in [2.45, 2.75) is 6.54 Å². The second-order valence-corrected chi connectivity index (χ2v) is 5.89. The minimum Gasteiger partial charge on any atom is -0.492 e. The van der Waals surface area contributed by atoms with E-state index in [9.17, 15) is 4.79 Å². The highest BCUT2D eigenvalue weighted by atomic mass is 79.9. The summed E-state index contributed by atoms with van der Waals surface area (Å²) in [7, 11) is 0. The van der Waals surface area contributed by atoms with Gasteiger partial charge in [-0.15, -0.1) is 0 Å². The predicted molar refractivity (Wildman–Crippen MR) is 91.3 cm³/mol. The largest absolute Gasteiger partial charge is 0.492 e. The zero-order valence-corrected chi connectivity index (χ0v) is 14.2. The molecule has 4 nitrogen and oxygen atoms in total. The summed E-state index contributed by atoms with van der Waals surface area (Å²) >= 11 is 9.16. The molecular weight excluding hydrogens is 368 g/mol. The summed E-state index contributed by atoms with van der Waals surface area (Å²) in [5.74, 6) is 0.770. The van der Waals surface area contributed by atoms with Crippen LogP contribution in [-0.2, 0) is 6.54 Å². The van der Waals surface area contributed by atoms with E-state index >= 15 is 0 Å². The van der Waals surface area contributed by atoms with E-state index in [0.29, 0.717) is 24.7 Å². The first-order valence-corrected chi connectivity index (χ1v) is 7.95. The van der Waals surface area contributed by atoms with E-state index in [4.69, 9.17) is 16.3 Å². The third-order valence-electron chi connectivity index (χ3n) is 2.84. The average molecular weight is 384 g/mol. The van der Waals surface area contributed by atoms with Gasteiger partial charge in [0, 0.05) is 16.0 Å². The Labute approximate surface area is 142 Å². The summed E-state index contributed by atoms with van der Waals surface area (Å²) in [6.07, 6.45) is 0. The van der Waals surface area contributed by atoms with Gasteiger partial charge in [-0.25, -0.2) is 4.79 Å². The Morgan fingerprint density at radius 3 is 2.41 bits per heavy atom. The van der Waals surface area contributed by atoms with Crippen LogP contribution in [0.5, 0.6) is 5.75 Å². The number of nitrogens with one attached hydrogen (secondary N) is 2. The van der Waals surface area contributed by atoms with Crippen molar-refractivity contribution in [1.82, 2.24) is 10.6 Å². The normalized spacial score (nSPS) is 10.1. The summed E-state index contributed by atoms with van der Waals surface area (Å²) in [5.41, 5.74) is 0.991. The smallest absolute Gasteiger partial charge is 0.315 e. The van der Waals surface area contributed by atoms with Crippen LogP contribution >= 0.6 is 27.5 Å². The van der Waals surface area contributed by atoms with Gasteiger partial charge >= 0.3 is 6.03 Å². The van der Waals surface area contributed by atoms with Gasteiger partial charge in [-0.3, -0.25) is 0 Å². The van der Waals surface area contributed by atoms with E-state index in [1.54, 1.807) is 12.1 Å². The van der Waals surface area contributed by atoms with Crippen LogP contribution in [0.3, 0.4) is 0 Å². The van der Waals surface area contributed by atoms with Crippen molar-refractivity contribution in [1.29, 1.82) is 0 Å². The topological polar surface area (TPSA) is 50.4 Å². The first-order chi connectivity index (χ1) is 10.6. The third-order valence-corrected chi connectivity index (χ3v) is 3.62. The standard InChI is InChI=1S/C16H16BrClN2O2/c17-13-3-7-15(8-4-13)22-10-9-19-16(21)20-11-12-1-5-14(18)6-2-12/h1-8H,9-11H2,(H2,19,20,21). The lowest BCUT2D eigenvalue weighted by molar-refractivity contribution is 0.236. The Balaban J connectivity index is 1.61. The van der Waals surface area contributed by atoms with Gasteiger partial charge in [0.15, 0.2) is 0 Å². The molecule has 0 aliphatic heterocycles. The number of amides is 2. The molecule has 0 aliphatic carbocycles. The number of benzene rings is 2. The summed E-state index contributed by atoms with van der Waals surface area (Å²) in [6, 6.07) is 14.6. The van der Waals surface area contributed by atoms with Crippen LogP contribution in [-0.4, -0.2) is 19.2 Å². The molecule has 0 unspecified atom stereocenters. The van der Waals surface area contributed by atoms with Crippen molar-refractivity contribution < 1.29 is 9.53 Å². The maximum absolute atomic E-state index is 11.6. The summed E-state index contributed by atoms with van der Waals surface area (Å²) in [6.45, 7) is 1.30. The van der Waals surface area contributed by atoms with E-state index in [2.05, 4.69) is 26.6 Å². The molecule has 6 heteroatoms. The highest BCUT2D eigenvalue weighted by Gasteiger charge is 2.00. The second-order valence-electron chi connectivity index (χ2n) is 4.54. The summed E-state index contributed by atoms with van der Waals surface area (Å²) in [5, 5.41) is 6.18. The van der Waals surface area contributed by atoms with Crippen LogP contribution in [0.15, 0.2) is 53.0 Å². The highest BCUT2D eigenvalue weighted by molar-refractivity contribution is 9.10. The molecule has 2 N–H and O–H groups in total. The van der Waals surface area contributed by atoms with Crippen molar-refractivity contribution in [3.05, 3.63) is 63.6 Å². The Morgan fingerprint density at radius 1 is 1.05 bits per heavy atom. The molecule has 0 saturated heterocycles. The highest BCUT2D eigenvalue weighted by Crippen LogP contribution is 2.15. The maximum atomic E-state index is 11.6. The monoisotopic (exact) mass is 382 g/mol. The van der Waals surface area contributed by atoms with Crippen molar-refractivity contribution in [3.63, 3.8) is 0 Å². The minimum atomic E-state index is -0.227. The number of hydrogen-bond donors (Lipinski definition) is 2. The van der Waals surface area contributed by atoms with Crippen LogP contribution in [0.4, 0.5) is 4.79 Å². The molecule has 0 aromatic heterocycles. The van der Waals surface area contributed by atoms with Gasteiger partial charge in [-0.05, 0) is 42.0 Å². The molecule has 0 saturated carbocycles. The van der Waals surface area contributed by atoms with E-state index in [0.717, 1.165) is 15.8 Å². The quantitative estimate of drug-likeness (QED) is 0.741. The van der Waals surface area contributed by atoms with E-state index in [1.807, 2.05) is 36.4 Å². The van der Waals surface area contributed by atoms with Crippen LogP contribution in [0.25, 0.3) is 0 Å². The van der Waals surface area contributed by atoms with Crippen molar-refractivity contribution in [2.75, 3.05) is 13.2 Å². The third kappa shape index (κ3) is 5.95. The molecule has 0 fully saturated rings. The Bertz CT molecular complexity index is 603. The maximum Gasteiger partial charge on any atom is 0.315 e. The van der Waals surface area contributed by atoms with Gasteiger partial charge < -0.3 is 15.4 Å².